The number of piperazine rings is 1. The van der Waals surface area contributed by atoms with Gasteiger partial charge >= 0.3 is 23.9 Å². The Bertz CT molecular complexity index is 3580. The summed E-state index contributed by atoms with van der Waals surface area (Å²) in [4.78, 5) is 84.8. The molecule has 0 saturated carbocycles. The molecule has 5 aliphatic rings. The first-order valence-electron chi connectivity index (χ1n) is 27.8. The van der Waals surface area contributed by atoms with Gasteiger partial charge in [0.2, 0.25) is 11.8 Å². The normalized spacial score (nSPS) is 21.9. The maximum absolute atomic E-state index is 17.7. The number of nitrogens with zero attached hydrogens (tertiary/aromatic N) is 8. The number of benzene rings is 3. The maximum Gasteiger partial charge on any atom is 0.410 e. The second-order valence-electron chi connectivity index (χ2n) is 22.9. The topological polar surface area (TPSA) is 214 Å². The molecule has 5 saturated heterocycles. The van der Waals surface area contributed by atoms with Crippen molar-refractivity contribution in [2.24, 2.45) is 7.05 Å². The molecule has 2 bridgehead atoms. The van der Waals surface area contributed by atoms with Gasteiger partial charge in [0.1, 0.15) is 53.5 Å². The molecule has 0 radical (unpaired) electrons. The Morgan fingerprint density at radius 3 is 2.52 bits per heavy atom. The van der Waals surface area contributed by atoms with Crippen LogP contribution in [0.3, 0.4) is 0 Å². The summed E-state index contributed by atoms with van der Waals surface area (Å²) in [6.07, 6.45) is 13.8. The fourth-order valence-corrected chi connectivity index (χ4v) is 12.8. The van der Waals surface area contributed by atoms with Crippen LogP contribution in [-0.2, 0) is 37.3 Å². The zero-order chi connectivity index (χ0) is 56.9. The molecule has 5 atom stereocenters. The number of alkyl carbamates (subject to hydrolysis) is 1. The fraction of sp³-hybridized carbons (Fsp3) is 0.492. The highest BCUT2D eigenvalue weighted by Crippen LogP contribution is 2.44. The number of hydrogen-bond donors (Lipinski definition) is 2. The standard InChI is InChI=1S/C59H66F2N10O10/c1-7-40-43(60)16-13-35-26-39(80-33-77-6)27-41(48(35)40)50-49(61)51-42(28-63-50)52(68-29-36-14-15-37(30-68)70(36)57(76)81-58(2,3)4)66-54(65-51)79-32-59-21-10-24-69(59)38(20-22-59)31-78-55(74)62-23-9-8-11-34-12-17-44-46(25-34)67(5)56(75)71(44)45-18-19-47(72)64-53(45)73/h1,12-13,16-17,25-28,36-38,45H,8-11,14-15,18-24,29-33H2,2-6H3,(H,62,74)(H,64,72,73)/t36-,37+,38-,45?,59-/m1/s1. The molecule has 0 aliphatic carbocycles. The molecule has 2 N–H and O–H groups in total. The molecule has 81 heavy (non-hydrogen) atoms. The van der Waals surface area contributed by atoms with Crippen LogP contribution in [-0.4, -0.2) is 140 Å². The molecule has 5 fully saturated rings. The van der Waals surface area contributed by atoms with Crippen LogP contribution in [0.1, 0.15) is 102 Å². The van der Waals surface area contributed by atoms with Gasteiger partial charge in [-0.15, -0.1) is 6.42 Å². The number of nitrogens with one attached hydrogen (secondary N) is 2. The molecular formula is C59H66F2N10O10. The van der Waals surface area contributed by atoms with Gasteiger partial charge in [-0.05, 0) is 133 Å². The van der Waals surface area contributed by atoms with E-state index in [1.165, 1.54) is 28.5 Å². The Morgan fingerprint density at radius 1 is 0.963 bits per heavy atom. The van der Waals surface area contributed by atoms with Crippen molar-refractivity contribution in [3.63, 3.8) is 0 Å². The number of rotatable bonds is 16. The van der Waals surface area contributed by atoms with E-state index in [4.69, 9.17) is 40.1 Å². The average molecular weight is 1110 g/mol. The van der Waals surface area contributed by atoms with Crippen LogP contribution in [0.4, 0.5) is 24.2 Å². The van der Waals surface area contributed by atoms with E-state index in [1.807, 2.05) is 48.8 Å². The molecule has 11 rings (SSSR count). The van der Waals surface area contributed by atoms with E-state index in [0.29, 0.717) is 65.8 Å². The van der Waals surface area contributed by atoms with Crippen molar-refractivity contribution in [1.82, 2.24) is 44.5 Å². The molecule has 0 spiro atoms. The number of methoxy groups -OCH3 is 1. The van der Waals surface area contributed by atoms with Gasteiger partial charge in [-0.3, -0.25) is 38.8 Å². The molecule has 4 amide bonds. The Hall–Kier alpha value is -7.90. The lowest BCUT2D eigenvalue weighted by Gasteiger charge is -2.42. The lowest BCUT2D eigenvalue weighted by molar-refractivity contribution is -0.135. The number of pyridine rings is 1. The van der Waals surface area contributed by atoms with Gasteiger partial charge < -0.3 is 33.9 Å². The number of terminal acetylenes is 1. The van der Waals surface area contributed by atoms with Gasteiger partial charge in [0, 0.05) is 63.4 Å². The first-order chi connectivity index (χ1) is 38.9. The molecule has 1 unspecified atom stereocenters. The summed E-state index contributed by atoms with van der Waals surface area (Å²) >= 11 is 0. The largest absolute Gasteiger partial charge is 0.468 e. The summed E-state index contributed by atoms with van der Waals surface area (Å²) in [5, 5.41) is 6.31. The van der Waals surface area contributed by atoms with Crippen molar-refractivity contribution < 1.29 is 51.6 Å². The summed E-state index contributed by atoms with van der Waals surface area (Å²) in [6.45, 7) is 7.71. The third-order valence-electron chi connectivity index (χ3n) is 16.6. The minimum absolute atomic E-state index is 0.0526. The number of imidazole rings is 1. The number of aromatic nitrogens is 5. The number of anilines is 1. The van der Waals surface area contributed by atoms with Crippen molar-refractivity contribution in [3.05, 3.63) is 81.9 Å². The van der Waals surface area contributed by atoms with E-state index in [9.17, 15) is 24.0 Å². The number of halogens is 2. The number of imide groups is 1. The van der Waals surface area contributed by atoms with Crippen LogP contribution in [0.5, 0.6) is 11.8 Å². The molecule has 20 nitrogen and oxygen atoms in total. The second-order valence-corrected chi connectivity index (χ2v) is 22.9. The minimum Gasteiger partial charge on any atom is -0.468 e. The Balaban J connectivity index is 0.779. The van der Waals surface area contributed by atoms with E-state index in [2.05, 4.69) is 26.4 Å². The number of hydrogen-bond acceptors (Lipinski definition) is 15. The quantitative estimate of drug-likeness (QED) is 0.0417. The maximum atomic E-state index is 17.7. The van der Waals surface area contributed by atoms with Gasteiger partial charge in [0.15, 0.2) is 12.6 Å². The van der Waals surface area contributed by atoms with Gasteiger partial charge in [-0.25, -0.2) is 23.2 Å². The van der Waals surface area contributed by atoms with Crippen molar-refractivity contribution in [1.29, 1.82) is 0 Å². The predicted octanol–water partition coefficient (Wildman–Crippen LogP) is 7.43. The number of aryl methyl sites for hydroxylation is 2. The zero-order valence-corrected chi connectivity index (χ0v) is 46.1. The predicted molar refractivity (Wildman–Crippen MR) is 296 cm³/mol. The number of fused-ring (bicyclic) bond motifs is 6. The van der Waals surface area contributed by atoms with Crippen molar-refractivity contribution in [2.75, 3.05) is 58.2 Å². The summed E-state index contributed by atoms with van der Waals surface area (Å²) in [5.74, 6) is 0.875. The number of amides is 4. The van der Waals surface area contributed by atoms with E-state index in [1.54, 1.807) is 25.2 Å². The molecule has 22 heteroatoms. The van der Waals surface area contributed by atoms with Crippen molar-refractivity contribution >= 4 is 62.5 Å². The Morgan fingerprint density at radius 2 is 1.77 bits per heavy atom. The average Bonchev–Trinajstić information content (AvgIpc) is 4.17. The molecule has 3 aromatic carbocycles. The Kier molecular flexibility index (Phi) is 15.1. The molecule has 5 aliphatic heterocycles. The van der Waals surface area contributed by atoms with Gasteiger partial charge in [0.05, 0.1) is 39.6 Å². The van der Waals surface area contributed by atoms with E-state index in [0.717, 1.165) is 57.1 Å². The first kappa shape index (κ1) is 55.0. The minimum atomic E-state index is -0.807. The van der Waals surface area contributed by atoms with E-state index < -0.39 is 40.8 Å². The molecule has 426 valence electrons. The summed E-state index contributed by atoms with van der Waals surface area (Å²) in [5.41, 5.74) is 0.811. The number of carbonyl (C=O) groups excluding carboxylic acids is 4. The summed E-state index contributed by atoms with van der Waals surface area (Å²) in [7, 11) is 3.14. The smallest absolute Gasteiger partial charge is 0.410 e. The lowest BCUT2D eigenvalue weighted by Crippen LogP contribution is -2.57. The van der Waals surface area contributed by atoms with Gasteiger partial charge in [0.25, 0.3) is 0 Å². The number of piperidine rings is 1. The fourth-order valence-electron chi connectivity index (χ4n) is 12.8. The summed E-state index contributed by atoms with van der Waals surface area (Å²) in [6, 6.07) is 10.5. The lowest BCUT2D eigenvalue weighted by atomic mass is 9.95. The van der Waals surface area contributed by atoms with Crippen LogP contribution in [0.25, 0.3) is 44.0 Å². The first-order valence-corrected chi connectivity index (χ1v) is 27.8. The Labute approximate surface area is 466 Å². The van der Waals surface area contributed by atoms with Crippen molar-refractivity contribution in [2.45, 2.75) is 127 Å². The molecule has 6 aromatic rings. The highest BCUT2D eigenvalue weighted by atomic mass is 19.1. The van der Waals surface area contributed by atoms with Crippen LogP contribution < -0.4 is 30.7 Å². The van der Waals surface area contributed by atoms with E-state index in [-0.39, 0.29) is 102 Å². The van der Waals surface area contributed by atoms with Crippen LogP contribution >= 0.6 is 0 Å². The molecule has 3 aromatic heterocycles. The zero-order valence-electron chi connectivity index (χ0n) is 46.1. The third kappa shape index (κ3) is 10.7. The number of carbonyl (C=O) groups is 4. The number of unbranched alkanes of at least 4 members (excludes halogenated alkanes) is 1. The highest BCUT2D eigenvalue weighted by molar-refractivity contribution is 6.03. The summed E-state index contributed by atoms with van der Waals surface area (Å²) < 4.78 is 65.3. The van der Waals surface area contributed by atoms with E-state index >= 15 is 8.78 Å². The van der Waals surface area contributed by atoms with Crippen LogP contribution in [0, 0.1) is 24.0 Å². The van der Waals surface area contributed by atoms with Crippen LogP contribution in [0.2, 0.25) is 0 Å². The SMILES string of the molecule is C#Cc1c(F)ccc2cc(OCOC)cc(-c3ncc4c(N5C[C@H]6CC[C@@H](C5)N6C(=O)OC(C)(C)C)nc(OC[C@]56CCCN5[C@@H](COC(=O)NCCCCc5ccc7c(c5)n(C)c(=O)n7C5CCC(=O)NC5=O)CC6)nc4c3F)c12. The monoisotopic (exact) mass is 1110 g/mol. The third-order valence-corrected chi connectivity index (χ3v) is 16.6. The van der Waals surface area contributed by atoms with Crippen LogP contribution in [0.15, 0.2) is 53.5 Å². The van der Waals surface area contributed by atoms with Gasteiger partial charge in [-0.2, -0.15) is 9.97 Å². The van der Waals surface area contributed by atoms with Gasteiger partial charge in [-0.1, -0.05) is 18.1 Å². The molecular weight excluding hydrogens is 1050 g/mol. The second kappa shape index (κ2) is 22.2. The molecule has 8 heterocycles. The van der Waals surface area contributed by atoms with Crippen molar-refractivity contribution in [3.8, 4) is 35.4 Å². The highest BCUT2D eigenvalue weighted by Gasteiger charge is 2.51. The number of ether oxygens (including phenoxy) is 5.